The van der Waals surface area contributed by atoms with Gasteiger partial charge in [0.25, 0.3) is 0 Å². The molecule has 5 nitrogen and oxygen atoms in total. The number of piperidine rings is 1. The summed E-state index contributed by atoms with van der Waals surface area (Å²) in [4.78, 5) is 12.0. The van der Waals surface area contributed by atoms with Gasteiger partial charge in [0.15, 0.2) is 0 Å². The van der Waals surface area contributed by atoms with Crippen LogP contribution in [0, 0.1) is 0 Å². The average molecular weight is 249 g/mol. The van der Waals surface area contributed by atoms with E-state index < -0.39 is 0 Å². The number of carbonyl (C=O) groups excluding carboxylic acids is 1. The highest BCUT2D eigenvalue weighted by Gasteiger charge is 2.42. The topological polar surface area (TPSA) is 67.2 Å². The van der Waals surface area contributed by atoms with Crippen LogP contribution in [0.2, 0.25) is 0 Å². The van der Waals surface area contributed by atoms with E-state index in [1.807, 2.05) is 6.07 Å². The van der Waals surface area contributed by atoms with Gasteiger partial charge in [-0.05, 0) is 32.2 Å². The summed E-state index contributed by atoms with van der Waals surface area (Å²) in [5.74, 6) is 0.453. The Labute approximate surface area is 106 Å². The molecular formula is C13H19N3O2. The zero-order valence-corrected chi connectivity index (χ0v) is 10.7. The van der Waals surface area contributed by atoms with Crippen molar-refractivity contribution in [3.8, 4) is 0 Å². The molecule has 0 radical (unpaired) electrons. The minimum Gasteiger partial charge on any atom is -0.338 e. The molecule has 1 aromatic heterocycles. The first-order chi connectivity index (χ1) is 8.67. The Balaban J connectivity index is 1.61. The van der Waals surface area contributed by atoms with E-state index in [9.17, 15) is 4.79 Å². The summed E-state index contributed by atoms with van der Waals surface area (Å²) in [6.07, 6.45) is 5.44. The van der Waals surface area contributed by atoms with Crippen LogP contribution in [0.3, 0.4) is 0 Å². The molecule has 1 amide bonds. The van der Waals surface area contributed by atoms with E-state index >= 15 is 0 Å². The molecule has 1 aromatic rings. The molecule has 0 aromatic carbocycles. The quantitative estimate of drug-likeness (QED) is 0.857. The van der Waals surface area contributed by atoms with E-state index in [1.165, 1.54) is 0 Å². The van der Waals surface area contributed by atoms with E-state index in [2.05, 4.69) is 22.7 Å². The third-order valence-corrected chi connectivity index (χ3v) is 4.00. The molecule has 0 spiro atoms. The fourth-order valence-electron chi connectivity index (χ4n) is 2.35. The number of hydrogen-bond donors (Lipinski definition) is 2. The standard InChI is InChI=1S/C13H19N3O2/c1-13(5-6-13)10-8-11(18-16-10)15-12(17)9-4-2-3-7-14-9/h8-9,14H,2-7H2,1H3,(H,15,17)/t9-/m0/s1. The number of amides is 1. The summed E-state index contributed by atoms with van der Waals surface area (Å²) >= 11 is 0. The van der Waals surface area contributed by atoms with Crippen LogP contribution in [0.4, 0.5) is 5.88 Å². The van der Waals surface area contributed by atoms with Crippen LogP contribution in [-0.4, -0.2) is 23.7 Å². The second-order valence-corrected chi connectivity index (χ2v) is 5.63. The molecule has 1 saturated carbocycles. The van der Waals surface area contributed by atoms with E-state index in [1.54, 1.807) is 0 Å². The highest BCUT2D eigenvalue weighted by molar-refractivity contribution is 5.93. The lowest BCUT2D eigenvalue weighted by Gasteiger charge is -2.21. The Morgan fingerprint density at radius 1 is 1.56 bits per heavy atom. The summed E-state index contributed by atoms with van der Waals surface area (Å²) in [7, 11) is 0. The van der Waals surface area contributed by atoms with Gasteiger partial charge < -0.3 is 9.84 Å². The van der Waals surface area contributed by atoms with Crippen molar-refractivity contribution in [2.45, 2.75) is 50.5 Å². The van der Waals surface area contributed by atoms with Gasteiger partial charge in [0.1, 0.15) is 0 Å². The molecule has 0 unspecified atom stereocenters. The average Bonchev–Trinajstić information content (AvgIpc) is 2.97. The summed E-state index contributed by atoms with van der Waals surface area (Å²) in [6.45, 7) is 3.08. The lowest BCUT2D eigenvalue weighted by Crippen LogP contribution is -2.43. The predicted molar refractivity (Wildman–Crippen MR) is 67.4 cm³/mol. The van der Waals surface area contributed by atoms with Crippen molar-refractivity contribution in [1.29, 1.82) is 0 Å². The molecule has 1 aliphatic carbocycles. The molecule has 2 fully saturated rings. The van der Waals surface area contributed by atoms with Crippen molar-refractivity contribution in [3.05, 3.63) is 11.8 Å². The summed E-state index contributed by atoms with van der Waals surface area (Å²) in [5, 5.41) is 10.1. The number of anilines is 1. The molecule has 98 valence electrons. The first-order valence-corrected chi connectivity index (χ1v) is 6.69. The van der Waals surface area contributed by atoms with Crippen molar-refractivity contribution in [2.24, 2.45) is 0 Å². The van der Waals surface area contributed by atoms with Crippen LogP contribution in [0.15, 0.2) is 10.6 Å². The van der Waals surface area contributed by atoms with Gasteiger partial charge in [-0.1, -0.05) is 18.5 Å². The van der Waals surface area contributed by atoms with E-state index in [-0.39, 0.29) is 17.4 Å². The Bertz CT molecular complexity index is 445. The molecule has 1 aliphatic heterocycles. The van der Waals surface area contributed by atoms with Gasteiger partial charge in [-0.15, -0.1) is 0 Å². The number of nitrogens with one attached hydrogen (secondary N) is 2. The molecule has 2 aliphatic rings. The number of nitrogens with zero attached hydrogens (tertiary/aromatic N) is 1. The molecule has 1 saturated heterocycles. The van der Waals surface area contributed by atoms with Gasteiger partial charge in [-0.2, -0.15) is 0 Å². The van der Waals surface area contributed by atoms with Gasteiger partial charge >= 0.3 is 0 Å². The molecule has 3 rings (SSSR count). The third-order valence-electron chi connectivity index (χ3n) is 4.00. The van der Waals surface area contributed by atoms with Gasteiger partial charge in [0, 0.05) is 11.5 Å². The van der Waals surface area contributed by atoms with Crippen molar-refractivity contribution in [3.63, 3.8) is 0 Å². The predicted octanol–water partition coefficient (Wildman–Crippen LogP) is 1.81. The minimum absolute atomic E-state index is 0.0154. The van der Waals surface area contributed by atoms with E-state index in [4.69, 9.17) is 4.52 Å². The maximum atomic E-state index is 12.0. The van der Waals surface area contributed by atoms with Crippen LogP contribution < -0.4 is 10.6 Å². The number of aromatic nitrogens is 1. The maximum absolute atomic E-state index is 12.0. The second kappa shape index (κ2) is 4.39. The normalized spacial score (nSPS) is 25.7. The molecule has 1 atom stereocenters. The molecule has 2 heterocycles. The van der Waals surface area contributed by atoms with Crippen molar-refractivity contribution >= 4 is 11.8 Å². The first-order valence-electron chi connectivity index (χ1n) is 6.69. The number of carbonyl (C=O) groups is 1. The van der Waals surface area contributed by atoms with Gasteiger partial charge in [-0.3, -0.25) is 10.1 Å². The molecule has 0 bridgehead atoms. The Kier molecular flexibility index (Phi) is 2.86. The highest BCUT2D eigenvalue weighted by Crippen LogP contribution is 2.47. The number of rotatable bonds is 3. The van der Waals surface area contributed by atoms with Crippen molar-refractivity contribution in [1.82, 2.24) is 10.5 Å². The monoisotopic (exact) mass is 249 g/mol. The zero-order chi connectivity index (χ0) is 12.6. The number of hydrogen-bond acceptors (Lipinski definition) is 4. The van der Waals surface area contributed by atoms with Crippen molar-refractivity contribution < 1.29 is 9.32 Å². The smallest absolute Gasteiger partial charge is 0.243 e. The van der Waals surface area contributed by atoms with E-state index in [0.717, 1.165) is 44.3 Å². The van der Waals surface area contributed by atoms with Gasteiger partial charge in [0.05, 0.1) is 11.7 Å². The maximum Gasteiger partial charge on any atom is 0.243 e. The summed E-state index contributed by atoms with van der Waals surface area (Å²) < 4.78 is 5.18. The molecule has 5 heteroatoms. The fraction of sp³-hybridized carbons (Fsp3) is 0.692. The summed E-state index contributed by atoms with van der Waals surface area (Å²) in [5.41, 5.74) is 1.13. The second-order valence-electron chi connectivity index (χ2n) is 5.63. The zero-order valence-electron chi connectivity index (χ0n) is 10.7. The molecular weight excluding hydrogens is 230 g/mol. The lowest BCUT2D eigenvalue weighted by atomic mass is 10.0. The lowest BCUT2D eigenvalue weighted by molar-refractivity contribution is -0.118. The molecule has 2 N–H and O–H groups in total. The Morgan fingerprint density at radius 3 is 3.06 bits per heavy atom. The largest absolute Gasteiger partial charge is 0.338 e. The van der Waals surface area contributed by atoms with Crippen LogP contribution in [0.25, 0.3) is 0 Å². The van der Waals surface area contributed by atoms with Crippen LogP contribution in [0.5, 0.6) is 0 Å². The first kappa shape index (κ1) is 11.7. The van der Waals surface area contributed by atoms with E-state index in [0.29, 0.717) is 5.88 Å². The Hall–Kier alpha value is -1.36. The van der Waals surface area contributed by atoms with Gasteiger partial charge in [-0.25, -0.2) is 0 Å². The van der Waals surface area contributed by atoms with Gasteiger partial charge in [0.2, 0.25) is 11.8 Å². The third kappa shape index (κ3) is 2.27. The van der Waals surface area contributed by atoms with Crippen LogP contribution in [0.1, 0.15) is 44.7 Å². The summed E-state index contributed by atoms with van der Waals surface area (Å²) in [6, 6.07) is 1.76. The molecule has 18 heavy (non-hydrogen) atoms. The minimum atomic E-state index is -0.0937. The highest BCUT2D eigenvalue weighted by atomic mass is 16.5. The fourth-order valence-corrected chi connectivity index (χ4v) is 2.35. The van der Waals surface area contributed by atoms with Crippen molar-refractivity contribution in [2.75, 3.05) is 11.9 Å². The van der Waals surface area contributed by atoms with Crippen LogP contribution >= 0.6 is 0 Å². The Morgan fingerprint density at radius 2 is 2.39 bits per heavy atom. The SMILES string of the molecule is CC1(c2cc(NC(=O)[C@@H]3CCCCN3)on2)CC1. The van der Waals surface area contributed by atoms with Crippen LogP contribution in [-0.2, 0) is 10.2 Å².